The molecule has 2 fully saturated rings. The number of nitrogens with one attached hydrogen (secondary N) is 1. The van der Waals surface area contributed by atoms with Gasteiger partial charge in [0.1, 0.15) is 0 Å². The first-order chi connectivity index (χ1) is 11.9. The molecule has 2 aliphatic heterocycles. The minimum Gasteiger partial charge on any atom is -0.378 e. The van der Waals surface area contributed by atoms with E-state index in [1.165, 1.54) is 0 Å². The number of rotatable bonds is 5. The second-order valence-corrected chi connectivity index (χ2v) is 6.54. The van der Waals surface area contributed by atoms with E-state index in [2.05, 4.69) is 15.3 Å². The number of ether oxygens (including phenoxy) is 2. The molecule has 1 aromatic heterocycles. The molecule has 0 aromatic carbocycles. The monoisotopic (exact) mass is 352 g/mol. The third-order valence-electron chi connectivity index (χ3n) is 4.31. The van der Waals surface area contributed by atoms with E-state index in [-0.39, 0.29) is 35.6 Å². The molecule has 0 saturated carbocycles. The van der Waals surface area contributed by atoms with Crippen LogP contribution in [-0.2, 0) is 9.47 Å². The molecule has 3 heterocycles. The minimum atomic E-state index is -0.554. The fraction of sp³-hybridized carbons (Fsp3) is 0.733. The molecule has 10 heteroatoms. The van der Waals surface area contributed by atoms with Gasteiger partial charge in [0.05, 0.1) is 23.2 Å². The predicted octanol–water partition coefficient (Wildman–Crippen LogP) is 1.17. The number of nitrogens with zero attached hydrogens (tertiary/aromatic N) is 4. The Labute approximate surface area is 145 Å². The molecule has 2 aliphatic rings. The molecule has 10 nitrogen and oxygen atoms in total. The molecular weight excluding hydrogens is 328 g/mol. The number of hydrogen-bond acceptors (Lipinski definition) is 9. The molecule has 1 aromatic rings. The number of nitrogen functional groups attached to an aromatic ring is 1. The molecule has 0 aliphatic carbocycles. The topological polar surface area (TPSA) is 129 Å². The number of anilines is 3. The lowest BCUT2D eigenvalue weighted by Gasteiger charge is -2.35. The van der Waals surface area contributed by atoms with Crippen molar-refractivity contribution in [2.24, 2.45) is 0 Å². The van der Waals surface area contributed by atoms with Gasteiger partial charge in [-0.25, -0.2) is 0 Å². The number of aromatic nitrogens is 2. The highest BCUT2D eigenvalue weighted by Crippen LogP contribution is 2.31. The van der Waals surface area contributed by atoms with Gasteiger partial charge in [0, 0.05) is 26.2 Å². The molecule has 3 atom stereocenters. The average molecular weight is 352 g/mol. The number of nitro groups is 1. The number of nitrogens with two attached hydrogens (primary N) is 1. The van der Waals surface area contributed by atoms with Crippen LogP contribution in [0.15, 0.2) is 0 Å². The van der Waals surface area contributed by atoms with E-state index in [0.29, 0.717) is 25.6 Å². The van der Waals surface area contributed by atoms with Crippen LogP contribution in [0.5, 0.6) is 0 Å². The summed E-state index contributed by atoms with van der Waals surface area (Å²) in [5.74, 6) is 0.367. The Morgan fingerprint density at radius 1 is 1.36 bits per heavy atom. The molecule has 0 bridgehead atoms. The van der Waals surface area contributed by atoms with Crippen molar-refractivity contribution < 1.29 is 14.4 Å². The maximum atomic E-state index is 11.4. The standard InChI is InChI=1S/C15H24N6O4/c1-9-7-20(8-10(2)25-9)15-18-13(16)12(21(22)23)14(19-15)17-6-11-4-3-5-24-11/h9-11H,3-8H2,1-2H3,(H3,16,17,18,19)/t9-,10+,11-/m1/s1. The van der Waals surface area contributed by atoms with Gasteiger partial charge >= 0.3 is 5.69 Å². The molecule has 3 rings (SSSR count). The molecule has 2 saturated heterocycles. The fourth-order valence-electron chi connectivity index (χ4n) is 3.26. The lowest BCUT2D eigenvalue weighted by atomic mass is 10.2. The van der Waals surface area contributed by atoms with E-state index in [1.54, 1.807) is 0 Å². The van der Waals surface area contributed by atoms with Gasteiger partial charge in [-0.3, -0.25) is 10.1 Å². The summed E-state index contributed by atoms with van der Waals surface area (Å²) in [7, 11) is 0. The Hall–Kier alpha value is -2.20. The highest BCUT2D eigenvalue weighted by molar-refractivity contribution is 5.70. The second kappa shape index (κ2) is 7.36. The summed E-state index contributed by atoms with van der Waals surface area (Å²) in [6.45, 7) is 6.31. The molecule has 3 N–H and O–H groups in total. The lowest BCUT2D eigenvalue weighted by molar-refractivity contribution is -0.383. The van der Waals surface area contributed by atoms with Crippen molar-refractivity contribution in [2.75, 3.05) is 42.2 Å². The summed E-state index contributed by atoms with van der Waals surface area (Å²) in [6.07, 6.45) is 1.99. The Bertz CT molecular complexity index is 627. The second-order valence-electron chi connectivity index (χ2n) is 6.54. The normalized spacial score (nSPS) is 26.6. The first-order valence-corrected chi connectivity index (χ1v) is 8.51. The summed E-state index contributed by atoms with van der Waals surface area (Å²) < 4.78 is 11.3. The van der Waals surface area contributed by atoms with Crippen LogP contribution in [0.4, 0.5) is 23.3 Å². The van der Waals surface area contributed by atoms with Gasteiger partial charge in [0.15, 0.2) is 0 Å². The van der Waals surface area contributed by atoms with Crippen LogP contribution in [0, 0.1) is 10.1 Å². The zero-order chi connectivity index (χ0) is 18.0. The van der Waals surface area contributed by atoms with Gasteiger partial charge in [0.25, 0.3) is 0 Å². The summed E-state index contributed by atoms with van der Waals surface area (Å²) >= 11 is 0. The maximum absolute atomic E-state index is 11.4. The Morgan fingerprint density at radius 3 is 2.68 bits per heavy atom. The quantitative estimate of drug-likeness (QED) is 0.592. The first kappa shape index (κ1) is 17.6. The van der Waals surface area contributed by atoms with Crippen LogP contribution in [0.1, 0.15) is 26.7 Å². The van der Waals surface area contributed by atoms with Crippen LogP contribution >= 0.6 is 0 Å². The molecule has 0 amide bonds. The zero-order valence-corrected chi connectivity index (χ0v) is 14.5. The van der Waals surface area contributed by atoms with Crippen LogP contribution in [0.2, 0.25) is 0 Å². The predicted molar refractivity (Wildman–Crippen MR) is 92.8 cm³/mol. The molecule has 0 spiro atoms. The highest BCUT2D eigenvalue weighted by atomic mass is 16.6. The van der Waals surface area contributed by atoms with E-state index in [0.717, 1.165) is 19.4 Å². The van der Waals surface area contributed by atoms with Crippen LogP contribution < -0.4 is 16.0 Å². The minimum absolute atomic E-state index is 0.0204. The molecule has 138 valence electrons. The van der Waals surface area contributed by atoms with Gasteiger partial charge in [-0.2, -0.15) is 9.97 Å². The zero-order valence-electron chi connectivity index (χ0n) is 14.5. The van der Waals surface area contributed by atoms with Crippen molar-refractivity contribution >= 4 is 23.3 Å². The third kappa shape index (κ3) is 4.07. The Kier molecular flexibility index (Phi) is 5.19. The van der Waals surface area contributed by atoms with Crippen LogP contribution in [-0.4, -0.2) is 59.4 Å². The Morgan fingerprint density at radius 2 is 2.08 bits per heavy atom. The molecular formula is C15H24N6O4. The number of hydrogen-bond donors (Lipinski definition) is 2. The molecule has 0 unspecified atom stereocenters. The number of morpholine rings is 1. The first-order valence-electron chi connectivity index (χ1n) is 8.51. The highest BCUT2D eigenvalue weighted by Gasteiger charge is 2.29. The van der Waals surface area contributed by atoms with E-state index in [4.69, 9.17) is 15.2 Å². The van der Waals surface area contributed by atoms with Gasteiger partial charge in [-0.1, -0.05) is 0 Å². The fourth-order valence-corrected chi connectivity index (χ4v) is 3.26. The summed E-state index contributed by atoms with van der Waals surface area (Å²) in [4.78, 5) is 21.3. The van der Waals surface area contributed by atoms with Gasteiger partial charge < -0.3 is 25.4 Å². The Balaban J connectivity index is 1.85. The smallest absolute Gasteiger partial charge is 0.353 e. The van der Waals surface area contributed by atoms with Gasteiger partial charge in [-0.15, -0.1) is 0 Å². The molecule has 25 heavy (non-hydrogen) atoms. The van der Waals surface area contributed by atoms with E-state index in [1.807, 2.05) is 18.7 Å². The summed E-state index contributed by atoms with van der Waals surface area (Å²) in [6, 6.07) is 0. The van der Waals surface area contributed by atoms with E-state index < -0.39 is 4.92 Å². The van der Waals surface area contributed by atoms with Crippen molar-refractivity contribution in [3.05, 3.63) is 10.1 Å². The van der Waals surface area contributed by atoms with Crippen molar-refractivity contribution in [3.63, 3.8) is 0 Å². The SMILES string of the molecule is C[C@@H]1CN(c2nc(N)c([N+](=O)[O-])c(NC[C@H]3CCCO3)n2)C[C@H](C)O1. The van der Waals surface area contributed by atoms with Gasteiger partial charge in [0.2, 0.25) is 17.6 Å². The summed E-state index contributed by atoms with van der Waals surface area (Å²) in [5.41, 5.74) is 5.57. The average Bonchev–Trinajstić information content (AvgIpc) is 3.04. The van der Waals surface area contributed by atoms with Crippen LogP contribution in [0.3, 0.4) is 0 Å². The lowest BCUT2D eigenvalue weighted by Crippen LogP contribution is -2.46. The van der Waals surface area contributed by atoms with Crippen molar-refractivity contribution in [1.29, 1.82) is 0 Å². The van der Waals surface area contributed by atoms with E-state index >= 15 is 0 Å². The van der Waals surface area contributed by atoms with E-state index in [9.17, 15) is 10.1 Å². The van der Waals surface area contributed by atoms with Crippen molar-refractivity contribution in [2.45, 2.75) is 45.0 Å². The largest absolute Gasteiger partial charge is 0.378 e. The van der Waals surface area contributed by atoms with Crippen LogP contribution in [0.25, 0.3) is 0 Å². The maximum Gasteiger partial charge on any atom is 0.353 e. The third-order valence-corrected chi connectivity index (χ3v) is 4.31. The summed E-state index contributed by atoms with van der Waals surface area (Å²) in [5, 5.41) is 14.4. The van der Waals surface area contributed by atoms with Gasteiger partial charge in [-0.05, 0) is 26.7 Å². The molecule has 0 radical (unpaired) electrons. The van der Waals surface area contributed by atoms with Crippen molar-refractivity contribution in [1.82, 2.24) is 9.97 Å². The van der Waals surface area contributed by atoms with Crippen molar-refractivity contribution in [3.8, 4) is 0 Å².